The number of aromatic nitrogens is 2. The van der Waals surface area contributed by atoms with Gasteiger partial charge in [-0.25, -0.2) is 0 Å². The van der Waals surface area contributed by atoms with Gasteiger partial charge in [0.05, 0.1) is 36.0 Å². The Bertz CT molecular complexity index is 965. The molecule has 0 radical (unpaired) electrons. The van der Waals surface area contributed by atoms with E-state index in [9.17, 15) is 20.2 Å². The van der Waals surface area contributed by atoms with E-state index in [-0.39, 0.29) is 30.6 Å². The molecule has 0 unspecified atom stereocenters. The van der Waals surface area contributed by atoms with E-state index in [1.165, 1.54) is 30.6 Å². The Morgan fingerprint density at radius 3 is 2.50 bits per heavy atom. The van der Waals surface area contributed by atoms with Crippen LogP contribution in [0.5, 0.6) is 11.5 Å². The first-order valence-electron chi connectivity index (χ1n) is 7.93. The predicted molar refractivity (Wildman–Crippen MR) is 92.5 cm³/mol. The fraction of sp³-hybridized carbons (Fsp3) is 0.111. The van der Waals surface area contributed by atoms with Crippen molar-refractivity contribution in [2.45, 2.75) is 6.54 Å². The van der Waals surface area contributed by atoms with E-state index < -0.39 is 0 Å². The third-order valence-electron chi connectivity index (χ3n) is 4.23. The Morgan fingerprint density at radius 1 is 1.08 bits per heavy atom. The monoisotopic (exact) mass is 352 g/mol. The van der Waals surface area contributed by atoms with E-state index in [0.29, 0.717) is 21.7 Å². The first kappa shape index (κ1) is 15.8. The van der Waals surface area contributed by atoms with E-state index >= 15 is 0 Å². The van der Waals surface area contributed by atoms with Crippen LogP contribution in [-0.4, -0.2) is 42.8 Å². The molecule has 3 aromatic rings. The zero-order valence-electron chi connectivity index (χ0n) is 13.6. The Kier molecular flexibility index (Phi) is 3.65. The summed E-state index contributed by atoms with van der Waals surface area (Å²) in [6.07, 6.45) is 2.95. The molecule has 26 heavy (non-hydrogen) atoms. The summed E-state index contributed by atoms with van der Waals surface area (Å²) in [5.41, 5.74) is 2.48. The van der Waals surface area contributed by atoms with Gasteiger partial charge in [-0.1, -0.05) is 12.1 Å². The van der Waals surface area contributed by atoms with Gasteiger partial charge in [-0.15, -0.1) is 9.94 Å². The van der Waals surface area contributed by atoms with Crippen molar-refractivity contribution < 1.29 is 20.2 Å². The summed E-state index contributed by atoms with van der Waals surface area (Å²) in [6, 6.07) is 11.4. The number of fused-ring (bicyclic) bond motifs is 1. The average molecular weight is 352 g/mol. The van der Waals surface area contributed by atoms with Gasteiger partial charge in [0, 0.05) is 12.6 Å². The summed E-state index contributed by atoms with van der Waals surface area (Å²) >= 11 is 0. The number of amides is 1. The Morgan fingerprint density at radius 2 is 1.81 bits per heavy atom. The second-order valence-corrected chi connectivity index (χ2v) is 6.07. The van der Waals surface area contributed by atoms with Gasteiger partial charge in [0.2, 0.25) is 0 Å². The fourth-order valence-electron chi connectivity index (χ4n) is 3.12. The smallest absolute Gasteiger partial charge is 0.257 e. The molecule has 0 bridgehead atoms. The molecule has 2 aromatic carbocycles. The van der Waals surface area contributed by atoms with Crippen molar-refractivity contribution in [2.24, 2.45) is 0 Å². The van der Waals surface area contributed by atoms with Crippen LogP contribution in [0, 0.1) is 0 Å². The standard InChI is InChI=1S/C18H16N4O4/c23-14-5-12(6-15(24)7-14)9-20-11-21(13-8-19-22(26)10-13)17-4-2-1-3-16(17)18(20)25/h1-8,10,23-24,26H,9,11H2. The summed E-state index contributed by atoms with van der Waals surface area (Å²) in [4.78, 5) is 17.0. The number of nitrogens with zero attached hydrogens (tertiary/aromatic N) is 4. The number of hydrogen-bond acceptors (Lipinski definition) is 6. The molecule has 8 nitrogen and oxygen atoms in total. The van der Waals surface area contributed by atoms with Gasteiger partial charge >= 0.3 is 0 Å². The number of phenolic OH excluding ortho intramolecular Hbond substituents is 2. The van der Waals surface area contributed by atoms with Crippen LogP contribution in [0.3, 0.4) is 0 Å². The molecular weight excluding hydrogens is 336 g/mol. The van der Waals surface area contributed by atoms with Gasteiger partial charge < -0.3 is 25.2 Å². The number of hydrogen-bond donors (Lipinski definition) is 3. The quantitative estimate of drug-likeness (QED) is 0.625. The SMILES string of the molecule is O=C1c2ccccc2N(c2cnn(O)c2)CN1Cc1cc(O)cc(O)c1. The average Bonchev–Trinajstić information content (AvgIpc) is 3.03. The highest BCUT2D eigenvalue weighted by atomic mass is 16.5. The lowest BCUT2D eigenvalue weighted by Gasteiger charge is -2.37. The molecule has 1 amide bonds. The van der Waals surface area contributed by atoms with Gasteiger partial charge in [-0.05, 0) is 29.8 Å². The number of benzene rings is 2. The Balaban J connectivity index is 1.72. The minimum absolute atomic E-state index is 0.0664. The first-order chi connectivity index (χ1) is 12.5. The third-order valence-corrected chi connectivity index (χ3v) is 4.23. The molecule has 1 aromatic heterocycles. The van der Waals surface area contributed by atoms with Crippen molar-refractivity contribution >= 4 is 17.3 Å². The van der Waals surface area contributed by atoms with E-state index in [4.69, 9.17) is 0 Å². The van der Waals surface area contributed by atoms with Gasteiger partial charge in [-0.2, -0.15) is 0 Å². The number of carbonyl (C=O) groups is 1. The number of rotatable bonds is 3. The van der Waals surface area contributed by atoms with E-state index in [1.807, 2.05) is 17.0 Å². The van der Waals surface area contributed by atoms with Crippen molar-refractivity contribution in [1.82, 2.24) is 14.8 Å². The summed E-state index contributed by atoms with van der Waals surface area (Å²) in [5, 5.41) is 32.6. The molecule has 2 heterocycles. The summed E-state index contributed by atoms with van der Waals surface area (Å²) in [5.74, 6) is -0.289. The highest BCUT2D eigenvalue weighted by Gasteiger charge is 2.30. The van der Waals surface area contributed by atoms with E-state index in [2.05, 4.69) is 5.10 Å². The number of anilines is 2. The Labute approximate surface area is 148 Å². The first-order valence-corrected chi connectivity index (χ1v) is 7.93. The van der Waals surface area contributed by atoms with Crippen molar-refractivity contribution in [2.75, 3.05) is 11.6 Å². The predicted octanol–water partition coefficient (Wildman–Crippen LogP) is 2.28. The third kappa shape index (κ3) is 2.77. The zero-order chi connectivity index (χ0) is 18.3. The van der Waals surface area contributed by atoms with Gasteiger partial charge in [0.1, 0.15) is 11.5 Å². The molecule has 0 atom stereocenters. The number of carbonyl (C=O) groups excluding carboxylic acids is 1. The molecule has 3 N–H and O–H groups in total. The maximum absolute atomic E-state index is 12.9. The largest absolute Gasteiger partial charge is 0.508 e. The molecule has 4 rings (SSSR count). The van der Waals surface area contributed by atoms with E-state index in [0.717, 1.165) is 5.69 Å². The maximum Gasteiger partial charge on any atom is 0.257 e. The number of aromatic hydroxyl groups is 2. The maximum atomic E-state index is 12.9. The van der Waals surface area contributed by atoms with Crippen LogP contribution in [0.2, 0.25) is 0 Å². The van der Waals surface area contributed by atoms with Gasteiger partial charge in [0.15, 0.2) is 0 Å². The lowest BCUT2D eigenvalue weighted by Crippen LogP contribution is -2.44. The molecule has 0 saturated heterocycles. The molecule has 132 valence electrons. The van der Waals surface area contributed by atoms with Crippen LogP contribution in [0.4, 0.5) is 11.4 Å². The van der Waals surface area contributed by atoms with Gasteiger partial charge in [-0.3, -0.25) is 4.79 Å². The summed E-state index contributed by atoms with van der Waals surface area (Å²) in [7, 11) is 0. The molecule has 1 aliphatic heterocycles. The topological polar surface area (TPSA) is 102 Å². The fourth-order valence-corrected chi connectivity index (χ4v) is 3.12. The molecule has 0 fully saturated rings. The van der Waals surface area contributed by atoms with E-state index in [1.54, 1.807) is 17.0 Å². The summed E-state index contributed by atoms with van der Waals surface area (Å²) < 4.78 is 0. The minimum atomic E-state index is -0.156. The molecule has 0 saturated carbocycles. The van der Waals surface area contributed by atoms with Crippen molar-refractivity contribution in [3.05, 3.63) is 66.0 Å². The molecule has 1 aliphatic rings. The van der Waals surface area contributed by atoms with Crippen molar-refractivity contribution in [3.63, 3.8) is 0 Å². The van der Waals surface area contributed by atoms with Crippen LogP contribution in [-0.2, 0) is 6.54 Å². The second kappa shape index (κ2) is 5.99. The van der Waals surface area contributed by atoms with Crippen LogP contribution >= 0.6 is 0 Å². The Hall–Kier alpha value is -3.68. The molecular formula is C18H16N4O4. The van der Waals surface area contributed by atoms with Gasteiger partial charge in [0.25, 0.3) is 5.91 Å². The highest BCUT2D eigenvalue weighted by molar-refractivity contribution is 6.02. The van der Waals surface area contributed by atoms with Crippen LogP contribution in [0.1, 0.15) is 15.9 Å². The number of para-hydroxylation sites is 1. The summed E-state index contributed by atoms with van der Waals surface area (Å²) in [6.45, 7) is 0.441. The molecule has 0 aliphatic carbocycles. The van der Waals surface area contributed by atoms with Crippen molar-refractivity contribution in [3.8, 4) is 11.5 Å². The number of phenols is 2. The lowest BCUT2D eigenvalue weighted by molar-refractivity contribution is 0.0734. The normalized spacial score (nSPS) is 13.8. The van der Waals surface area contributed by atoms with Crippen LogP contribution in [0.15, 0.2) is 54.9 Å². The van der Waals surface area contributed by atoms with Crippen molar-refractivity contribution in [1.29, 1.82) is 0 Å². The molecule has 0 spiro atoms. The lowest BCUT2D eigenvalue weighted by atomic mass is 10.1. The molecule has 8 heteroatoms. The van der Waals surface area contributed by atoms with Crippen LogP contribution < -0.4 is 4.90 Å². The second-order valence-electron chi connectivity index (χ2n) is 6.07. The minimum Gasteiger partial charge on any atom is -0.508 e. The highest BCUT2D eigenvalue weighted by Crippen LogP contribution is 2.34. The van der Waals surface area contributed by atoms with Crippen LogP contribution in [0.25, 0.3) is 0 Å². The zero-order valence-corrected chi connectivity index (χ0v) is 13.6.